The summed E-state index contributed by atoms with van der Waals surface area (Å²) in [6.07, 6.45) is 2.19. The van der Waals surface area contributed by atoms with Crippen LogP contribution < -0.4 is 10.1 Å². The van der Waals surface area contributed by atoms with E-state index in [0.717, 1.165) is 25.9 Å². The average molecular weight is 293 g/mol. The van der Waals surface area contributed by atoms with Crippen molar-refractivity contribution in [1.29, 1.82) is 0 Å². The summed E-state index contributed by atoms with van der Waals surface area (Å²) in [5.41, 5.74) is 0.239. The van der Waals surface area contributed by atoms with Crippen LogP contribution >= 0.6 is 0 Å². The van der Waals surface area contributed by atoms with Gasteiger partial charge < -0.3 is 10.1 Å². The number of nitrogens with one attached hydrogen (secondary N) is 1. The minimum Gasteiger partial charge on any atom is -0.495 e. The molecule has 1 heterocycles. The zero-order chi connectivity index (χ0) is 15.4. The third kappa shape index (κ3) is 3.49. The molecule has 1 aromatic rings. The molecule has 1 unspecified atom stereocenters. The number of nitro groups is 1. The van der Waals surface area contributed by atoms with E-state index in [-0.39, 0.29) is 17.6 Å². The molecule has 21 heavy (non-hydrogen) atoms. The van der Waals surface area contributed by atoms with Crippen molar-refractivity contribution in [2.45, 2.75) is 25.8 Å². The molecule has 1 N–H and O–H groups in total. The molecule has 1 fully saturated rings. The third-order valence-corrected chi connectivity index (χ3v) is 3.72. The highest BCUT2D eigenvalue weighted by Crippen LogP contribution is 2.29. The summed E-state index contributed by atoms with van der Waals surface area (Å²) in [6.45, 7) is 3.64. The Labute approximate surface area is 123 Å². The van der Waals surface area contributed by atoms with Crippen molar-refractivity contribution >= 4 is 17.3 Å². The fourth-order valence-corrected chi connectivity index (χ4v) is 2.44. The van der Waals surface area contributed by atoms with E-state index in [0.29, 0.717) is 11.4 Å². The van der Waals surface area contributed by atoms with Crippen LogP contribution in [0.4, 0.5) is 11.4 Å². The van der Waals surface area contributed by atoms with E-state index < -0.39 is 4.92 Å². The summed E-state index contributed by atoms with van der Waals surface area (Å²) in [7, 11) is 1.46. The Balaban J connectivity index is 2.15. The zero-order valence-electron chi connectivity index (χ0n) is 12.2. The molecule has 1 aliphatic heterocycles. The summed E-state index contributed by atoms with van der Waals surface area (Å²) in [5.74, 6) is 0.221. The SMILES string of the molecule is COc1ccc([N+](=O)[O-])cc1NC(=O)C(C)N1CCCC1. The number of ether oxygens (including phenoxy) is 1. The predicted octanol–water partition coefficient (Wildman–Crippen LogP) is 2.03. The first-order chi connectivity index (χ1) is 10.0. The number of hydrogen-bond acceptors (Lipinski definition) is 5. The quantitative estimate of drug-likeness (QED) is 0.663. The lowest BCUT2D eigenvalue weighted by Gasteiger charge is -2.23. The number of rotatable bonds is 5. The Morgan fingerprint density at radius 2 is 2.10 bits per heavy atom. The summed E-state index contributed by atoms with van der Waals surface area (Å²) in [4.78, 5) is 24.7. The minimum atomic E-state index is -0.501. The number of amides is 1. The normalized spacial score (nSPS) is 16.5. The number of carbonyl (C=O) groups is 1. The van der Waals surface area contributed by atoms with E-state index in [4.69, 9.17) is 4.74 Å². The molecule has 1 aromatic carbocycles. The molecule has 0 aliphatic carbocycles. The Morgan fingerprint density at radius 1 is 1.43 bits per heavy atom. The number of non-ortho nitro benzene ring substituents is 1. The van der Waals surface area contributed by atoms with E-state index in [2.05, 4.69) is 10.2 Å². The first-order valence-electron chi connectivity index (χ1n) is 6.90. The van der Waals surface area contributed by atoms with Gasteiger partial charge in [-0.2, -0.15) is 0 Å². The lowest BCUT2D eigenvalue weighted by molar-refractivity contribution is -0.384. The minimum absolute atomic E-state index is 0.0834. The molecule has 1 saturated heterocycles. The summed E-state index contributed by atoms with van der Waals surface area (Å²) in [6, 6.07) is 3.87. The maximum Gasteiger partial charge on any atom is 0.271 e. The molecule has 0 bridgehead atoms. The fourth-order valence-electron chi connectivity index (χ4n) is 2.44. The van der Waals surface area contributed by atoms with Crippen LogP contribution in [-0.4, -0.2) is 42.0 Å². The van der Waals surface area contributed by atoms with Gasteiger partial charge in [0.05, 0.1) is 23.8 Å². The van der Waals surface area contributed by atoms with Crippen molar-refractivity contribution in [3.63, 3.8) is 0 Å². The lowest BCUT2D eigenvalue weighted by Crippen LogP contribution is -2.40. The van der Waals surface area contributed by atoms with Crippen molar-refractivity contribution in [2.75, 3.05) is 25.5 Å². The molecule has 7 heteroatoms. The number of nitrogens with zero attached hydrogens (tertiary/aromatic N) is 2. The van der Waals surface area contributed by atoms with Crippen molar-refractivity contribution < 1.29 is 14.5 Å². The second kappa shape index (κ2) is 6.53. The standard InChI is InChI=1S/C14H19N3O4/c1-10(16-7-3-4-8-16)14(18)15-12-9-11(17(19)20)5-6-13(12)21-2/h5-6,9-10H,3-4,7-8H2,1-2H3,(H,15,18). The molecule has 0 radical (unpaired) electrons. The first-order valence-corrected chi connectivity index (χ1v) is 6.90. The zero-order valence-corrected chi connectivity index (χ0v) is 12.2. The number of carbonyl (C=O) groups excluding carboxylic acids is 1. The maximum atomic E-state index is 12.3. The fraction of sp³-hybridized carbons (Fsp3) is 0.500. The number of methoxy groups -OCH3 is 1. The lowest BCUT2D eigenvalue weighted by atomic mass is 10.2. The molecule has 1 atom stereocenters. The monoisotopic (exact) mass is 293 g/mol. The van der Waals surface area contributed by atoms with E-state index in [1.54, 1.807) is 0 Å². The molecular weight excluding hydrogens is 274 g/mol. The van der Waals surface area contributed by atoms with Gasteiger partial charge in [-0.15, -0.1) is 0 Å². The molecule has 1 aliphatic rings. The molecular formula is C14H19N3O4. The molecule has 7 nitrogen and oxygen atoms in total. The second-order valence-electron chi connectivity index (χ2n) is 5.05. The summed E-state index contributed by atoms with van der Waals surface area (Å²) in [5, 5.41) is 13.5. The largest absolute Gasteiger partial charge is 0.495 e. The van der Waals surface area contributed by atoms with Gasteiger partial charge in [-0.05, 0) is 38.9 Å². The van der Waals surface area contributed by atoms with E-state index in [1.807, 2.05) is 6.92 Å². The van der Waals surface area contributed by atoms with Crippen LogP contribution in [0.1, 0.15) is 19.8 Å². The second-order valence-corrected chi connectivity index (χ2v) is 5.05. The highest BCUT2D eigenvalue weighted by atomic mass is 16.6. The Morgan fingerprint density at radius 3 is 2.67 bits per heavy atom. The number of hydrogen-bond donors (Lipinski definition) is 1. The van der Waals surface area contributed by atoms with E-state index in [9.17, 15) is 14.9 Å². The van der Waals surface area contributed by atoms with Gasteiger partial charge in [-0.1, -0.05) is 0 Å². The Bertz CT molecular complexity index is 541. The maximum absolute atomic E-state index is 12.3. The van der Waals surface area contributed by atoms with Crippen LogP contribution in [0.5, 0.6) is 5.75 Å². The van der Waals surface area contributed by atoms with Gasteiger partial charge in [0.25, 0.3) is 5.69 Å². The Kier molecular flexibility index (Phi) is 4.74. The smallest absolute Gasteiger partial charge is 0.271 e. The van der Waals surface area contributed by atoms with Gasteiger partial charge in [-0.3, -0.25) is 19.8 Å². The highest BCUT2D eigenvalue weighted by Gasteiger charge is 2.25. The molecule has 0 spiro atoms. The van der Waals surface area contributed by atoms with Gasteiger partial charge >= 0.3 is 0 Å². The Hall–Kier alpha value is -2.15. The van der Waals surface area contributed by atoms with Gasteiger partial charge in [0.15, 0.2) is 0 Å². The van der Waals surface area contributed by atoms with Crippen LogP contribution in [-0.2, 0) is 4.79 Å². The number of anilines is 1. The first kappa shape index (κ1) is 15.2. The third-order valence-electron chi connectivity index (χ3n) is 3.72. The van der Waals surface area contributed by atoms with Crippen molar-refractivity contribution in [2.24, 2.45) is 0 Å². The van der Waals surface area contributed by atoms with E-state index >= 15 is 0 Å². The predicted molar refractivity (Wildman–Crippen MR) is 78.5 cm³/mol. The summed E-state index contributed by atoms with van der Waals surface area (Å²) < 4.78 is 5.14. The van der Waals surface area contributed by atoms with Crippen LogP contribution in [0.25, 0.3) is 0 Å². The molecule has 0 aromatic heterocycles. The van der Waals surface area contributed by atoms with Crippen molar-refractivity contribution in [3.05, 3.63) is 28.3 Å². The van der Waals surface area contributed by atoms with Crippen molar-refractivity contribution in [1.82, 2.24) is 4.90 Å². The van der Waals surface area contributed by atoms with Crippen LogP contribution in [0, 0.1) is 10.1 Å². The topological polar surface area (TPSA) is 84.7 Å². The van der Waals surface area contributed by atoms with Crippen molar-refractivity contribution in [3.8, 4) is 5.75 Å². The van der Waals surface area contributed by atoms with Crippen LogP contribution in [0.3, 0.4) is 0 Å². The van der Waals surface area contributed by atoms with Crippen LogP contribution in [0.2, 0.25) is 0 Å². The molecule has 0 saturated carbocycles. The highest BCUT2D eigenvalue weighted by molar-refractivity contribution is 5.96. The van der Waals surface area contributed by atoms with Crippen LogP contribution in [0.15, 0.2) is 18.2 Å². The molecule has 2 rings (SSSR count). The number of benzene rings is 1. The number of likely N-dealkylation sites (tertiary alicyclic amines) is 1. The molecule has 1 amide bonds. The van der Waals surface area contributed by atoms with Gasteiger partial charge in [0.2, 0.25) is 5.91 Å². The van der Waals surface area contributed by atoms with Gasteiger partial charge in [0, 0.05) is 12.1 Å². The molecule has 114 valence electrons. The van der Waals surface area contributed by atoms with Gasteiger partial charge in [-0.25, -0.2) is 0 Å². The number of nitro benzene ring substituents is 1. The van der Waals surface area contributed by atoms with Gasteiger partial charge in [0.1, 0.15) is 5.75 Å². The van der Waals surface area contributed by atoms with E-state index in [1.165, 1.54) is 25.3 Å². The average Bonchev–Trinajstić information content (AvgIpc) is 3.00. The summed E-state index contributed by atoms with van der Waals surface area (Å²) >= 11 is 0.